The van der Waals surface area contributed by atoms with Crippen LogP contribution in [0, 0.1) is 11.3 Å². The van der Waals surface area contributed by atoms with Gasteiger partial charge >= 0.3 is 0 Å². The van der Waals surface area contributed by atoms with Crippen molar-refractivity contribution in [1.29, 1.82) is 0 Å². The Morgan fingerprint density at radius 3 is 2.50 bits per heavy atom. The third-order valence-electron chi connectivity index (χ3n) is 2.20. The summed E-state index contributed by atoms with van der Waals surface area (Å²) in [5.41, 5.74) is 0.0227. The van der Waals surface area contributed by atoms with Gasteiger partial charge in [0.1, 0.15) is 0 Å². The number of hydrogen-bond acceptors (Lipinski definition) is 3. The second-order valence-electron chi connectivity index (χ2n) is 4.18. The first kappa shape index (κ1) is 9.96. The van der Waals surface area contributed by atoms with E-state index in [2.05, 4.69) is 19.2 Å². The van der Waals surface area contributed by atoms with E-state index in [0.717, 1.165) is 13.1 Å². The van der Waals surface area contributed by atoms with Crippen LogP contribution in [0.25, 0.3) is 0 Å². The molecule has 0 aliphatic carbocycles. The molecule has 0 aromatic carbocycles. The molecule has 1 heterocycles. The third-order valence-corrected chi connectivity index (χ3v) is 2.20. The third kappa shape index (κ3) is 2.44. The Bertz CT molecular complexity index is 127. The molecule has 0 unspecified atom stereocenters. The van der Waals surface area contributed by atoms with Crippen LogP contribution < -0.4 is 5.32 Å². The number of aliphatic hydroxyl groups excluding tert-OH is 1. The van der Waals surface area contributed by atoms with Gasteiger partial charge in [0.2, 0.25) is 0 Å². The Morgan fingerprint density at radius 2 is 2.17 bits per heavy atom. The van der Waals surface area contributed by atoms with Gasteiger partial charge < -0.3 is 15.2 Å². The predicted octanol–water partition coefficient (Wildman–Crippen LogP) is 0.241. The summed E-state index contributed by atoms with van der Waals surface area (Å²) in [6.07, 6.45) is 0. The van der Waals surface area contributed by atoms with Crippen LogP contribution in [0.1, 0.15) is 13.8 Å². The minimum atomic E-state index is 0.0227. The summed E-state index contributed by atoms with van der Waals surface area (Å²) in [6.45, 7) is 7.89. The normalized spacial score (nSPS) is 21.0. The van der Waals surface area contributed by atoms with E-state index in [-0.39, 0.29) is 12.0 Å². The van der Waals surface area contributed by atoms with E-state index in [9.17, 15) is 0 Å². The summed E-state index contributed by atoms with van der Waals surface area (Å²) in [4.78, 5) is 0. The molecule has 3 nitrogen and oxygen atoms in total. The SMILES string of the molecule is CC(C)CNCC1(CO)COC1. The molecule has 0 bridgehead atoms. The van der Waals surface area contributed by atoms with Crippen molar-refractivity contribution in [3.8, 4) is 0 Å². The van der Waals surface area contributed by atoms with Crippen molar-refractivity contribution in [1.82, 2.24) is 5.32 Å². The molecular formula is C9H19NO2. The summed E-state index contributed by atoms with van der Waals surface area (Å²) in [7, 11) is 0. The van der Waals surface area contributed by atoms with Gasteiger partial charge in [-0.2, -0.15) is 0 Å². The minimum Gasteiger partial charge on any atom is -0.396 e. The van der Waals surface area contributed by atoms with Gasteiger partial charge in [-0.1, -0.05) is 13.8 Å². The molecule has 1 rings (SSSR count). The fourth-order valence-electron chi connectivity index (χ4n) is 1.27. The molecule has 0 saturated carbocycles. The van der Waals surface area contributed by atoms with Gasteiger partial charge in [-0.3, -0.25) is 0 Å². The van der Waals surface area contributed by atoms with Gasteiger partial charge in [-0.05, 0) is 12.5 Å². The highest BCUT2D eigenvalue weighted by molar-refractivity contribution is 4.86. The van der Waals surface area contributed by atoms with E-state index in [1.54, 1.807) is 0 Å². The summed E-state index contributed by atoms with van der Waals surface area (Å²) >= 11 is 0. The molecule has 3 heteroatoms. The molecule has 0 radical (unpaired) electrons. The molecular weight excluding hydrogens is 154 g/mol. The summed E-state index contributed by atoms with van der Waals surface area (Å²) in [5.74, 6) is 0.668. The smallest absolute Gasteiger partial charge is 0.0579 e. The summed E-state index contributed by atoms with van der Waals surface area (Å²) in [6, 6.07) is 0. The number of rotatable bonds is 5. The van der Waals surface area contributed by atoms with Crippen molar-refractivity contribution in [3.05, 3.63) is 0 Å². The molecule has 12 heavy (non-hydrogen) atoms. The summed E-state index contributed by atoms with van der Waals surface area (Å²) in [5, 5.41) is 12.4. The minimum absolute atomic E-state index is 0.0227. The molecule has 0 aromatic heterocycles. The van der Waals surface area contributed by atoms with Crippen LogP contribution in [0.15, 0.2) is 0 Å². The van der Waals surface area contributed by atoms with Gasteiger partial charge in [0.25, 0.3) is 0 Å². The Labute approximate surface area is 74.1 Å². The molecule has 0 atom stereocenters. The van der Waals surface area contributed by atoms with Crippen molar-refractivity contribution in [2.45, 2.75) is 13.8 Å². The van der Waals surface area contributed by atoms with Crippen LogP contribution in [-0.2, 0) is 4.74 Å². The maximum absolute atomic E-state index is 9.08. The maximum Gasteiger partial charge on any atom is 0.0579 e. The fraction of sp³-hybridized carbons (Fsp3) is 1.00. The van der Waals surface area contributed by atoms with E-state index in [1.165, 1.54) is 0 Å². The zero-order valence-corrected chi connectivity index (χ0v) is 7.97. The van der Waals surface area contributed by atoms with E-state index in [1.807, 2.05) is 0 Å². The second-order valence-corrected chi connectivity index (χ2v) is 4.18. The lowest BCUT2D eigenvalue weighted by Gasteiger charge is -2.40. The molecule has 72 valence electrons. The predicted molar refractivity (Wildman–Crippen MR) is 48.0 cm³/mol. The average molecular weight is 173 g/mol. The van der Waals surface area contributed by atoms with Crippen LogP contribution in [0.2, 0.25) is 0 Å². The van der Waals surface area contributed by atoms with Gasteiger partial charge in [0, 0.05) is 6.54 Å². The second kappa shape index (κ2) is 4.21. The van der Waals surface area contributed by atoms with E-state index in [0.29, 0.717) is 19.1 Å². The zero-order valence-electron chi connectivity index (χ0n) is 7.97. The molecule has 1 aliphatic heterocycles. The Morgan fingerprint density at radius 1 is 1.50 bits per heavy atom. The molecule has 0 spiro atoms. The zero-order chi connectivity index (χ0) is 9.03. The van der Waals surface area contributed by atoms with Crippen LogP contribution in [-0.4, -0.2) is 38.0 Å². The first-order chi connectivity index (χ1) is 5.68. The van der Waals surface area contributed by atoms with Crippen molar-refractivity contribution in [3.63, 3.8) is 0 Å². The number of nitrogens with one attached hydrogen (secondary N) is 1. The highest BCUT2D eigenvalue weighted by Crippen LogP contribution is 2.25. The summed E-state index contributed by atoms with van der Waals surface area (Å²) < 4.78 is 5.09. The standard InChI is InChI=1S/C9H19NO2/c1-8(2)3-10-4-9(5-11)6-12-7-9/h8,10-11H,3-7H2,1-2H3. The molecule has 0 aromatic rings. The maximum atomic E-state index is 9.08. The molecule has 1 aliphatic rings. The van der Waals surface area contributed by atoms with Crippen LogP contribution in [0.3, 0.4) is 0 Å². The highest BCUT2D eigenvalue weighted by Gasteiger charge is 2.37. The van der Waals surface area contributed by atoms with Gasteiger partial charge in [-0.25, -0.2) is 0 Å². The van der Waals surface area contributed by atoms with Crippen LogP contribution >= 0.6 is 0 Å². The van der Waals surface area contributed by atoms with Crippen molar-refractivity contribution >= 4 is 0 Å². The quantitative estimate of drug-likeness (QED) is 0.626. The Hall–Kier alpha value is -0.120. The lowest BCUT2D eigenvalue weighted by Crippen LogP contribution is -2.52. The first-order valence-electron chi connectivity index (χ1n) is 4.58. The highest BCUT2D eigenvalue weighted by atomic mass is 16.5. The van der Waals surface area contributed by atoms with Crippen molar-refractivity contribution in [2.24, 2.45) is 11.3 Å². The van der Waals surface area contributed by atoms with Crippen molar-refractivity contribution in [2.75, 3.05) is 32.9 Å². The van der Waals surface area contributed by atoms with E-state index < -0.39 is 0 Å². The Kier molecular flexibility index (Phi) is 3.50. The van der Waals surface area contributed by atoms with Crippen LogP contribution in [0.4, 0.5) is 0 Å². The monoisotopic (exact) mass is 173 g/mol. The van der Waals surface area contributed by atoms with Gasteiger partial charge in [-0.15, -0.1) is 0 Å². The molecule has 1 fully saturated rings. The molecule has 0 amide bonds. The molecule has 2 N–H and O–H groups in total. The molecule has 1 saturated heterocycles. The topological polar surface area (TPSA) is 41.5 Å². The first-order valence-corrected chi connectivity index (χ1v) is 4.58. The fourth-order valence-corrected chi connectivity index (χ4v) is 1.27. The van der Waals surface area contributed by atoms with E-state index in [4.69, 9.17) is 9.84 Å². The van der Waals surface area contributed by atoms with E-state index >= 15 is 0 Å². The number of hydrogen-bond donors (Lipinski definition) is 2. The van der Waals surface area contributed by atoms with Gasteiger partial charge in [0.15, 0.2) is 0 Å². The lowest BCUT2D eigenvalue weighted by molar-refractivity contribution is -0.134. The largest absolute Gasteiger partial charge is 0.396 e. The van der Waals surface area contributed by atoms with Crippen molar-refractivity contribution < 1.29 is 9.84 Å². The Balaban J connectivity index is 2.12. The average Bonchev–Trinajstić information content (AvgIpc) is 1.94. The van der Waals surface area contributed by atoms with Crippen LogP contribution in [0.5, 0.6) is 0 Å². The van der Waals surface area contributed by atoms with Gasteiger partial charge in [0.05, 0.1) is 25.2 Å². The number of aliphatic hydroxyl groups is 1. The lowest BCUT2D eigenvalue weighted by atomic mass is 9.87. The number of ether oxygens (including phenoxy) is 1.